The van der Waals surface area contributed by atoms with Crippen LogP contribution >= 0.6 is 23.5 Å². The molecule has 0 aliphatic heterocycles. The minimum atomic E-state index is -1.46. The van der Waals surface area contributed by atoms with Crippen LogP contribution in [0.5, 0.6) is 0 Å². The van der Waals surface area contributed by atoms with Gasteiger partial charge < -0.3 is 59.5 Å². The van der Waals surface area contributed by atoms with Crippen LogP contribution in [0.4, 0.5) is 0 Å². The van der Waals surface area contributed by atoms with Crippen LogP contribution in [-0.2, 0) is 38.4 Å². The summed E-state index contributed by atoms with van der Waals surface area (Å²) in [6.45, 7) is 5.70. The van der Waals surface area contributed by atoms with Crippen molar-refractivity contribution in [1.82, 2.24) is 37.2 Å². The van der Waals surface area contributed by atoms with Crippen molar-refractivity contribution in [2.45, 2.75) is 141 Å². The number of thioether (sulfide) groups is 2. The molecule has 1 aliphatic carbocycles. The van der Waals surface area contributed by atoms with E-state index in [9.17, 15) is 43.5 Å². The molecule has 0 bridgehead atoms. The molecule has 1 saturated carbocycles. The molecule has 61 heavy (non-hydrogen) atoms. The Hall–Kier alpha value is -4.31. The van der Waals surface area contributed by atoms with Crippen LogP contribution in [0.1, 0.15) is 98.3 Å². The lowest BCUT2D eigenvalue weighted by atomic mass is 9.84. The van der Waals surface area contributed by atoms with Crippen molar-refractivity contribution < 1.29 is 43.5 Å². The number of aliphatic hydroxyl groups is 1. The second-order valence-electron chi connectivity index (χ2n) is 15.8. The van der Waals surface area contributed by atoms with E-state index in [0.29, 0.717) is 24.3 Å². The smallest absolute Gasteiger partial charge is 0.245 e. The lowest BCUT2D eigenvalue weighted by molar-refractivity contribution is -0.135. The highest BCUT2D eigenvalue weighted by Gasteiger charge is 2.33. The molecular weight excluding hydrogens is 831 g/mol. The molecule has 0 aromatic rings. The molecule has 1 fully saturated rings. The lowest BCUT2D eigenvalue weighted by Gasteiger charge is -2.29. The van der Waals surface area contributed by atoms with Crippen molar-refractivity contribution in [3.8, 4) is 0 Å². The monoisotopic (exact) mass is 901 g/mol. The zero-order valence-electron chi connectivity index (χ0n) is 36.5. The zero-order chi connectivity index (χ0) is 46.1. The molecule has 22 heteroatoms. The van der Waals surface area contributed by atoms with Gasteiger partial charge in [0.25, 0.3) is 0 Å². The number of carbonyl (C=O) groups excluding carboxylic acids is 8. The summed E-state index contributed by atoms with van der Waals surface area (Å²) in [6, 6.07) is -8.02. The Morgan fingerprint density at radius 2 is 1.08 bits per heavy atom. The first-order valence-electron chi connectivity index (χ1n) is 20.9. The van der Waals surface area contributed by atoms with Crippen molar-refractivity contribution >= 4 is 76.7 Å². The molecule has 14 N–H and O–H groups in total. The molecule has 0 spiro atoms. The number of hydrogen-bond acceptors (Lipinski definition) is 12. The number of nitrogens with two attached hydrogens (primary N) is 3. The number of nitrogens with zero attached hydrogens (tertiary/aromatic N) is 1. The van der Waals surface area contributed by atoms with E-state index in [1.165, 1.54) is 37.4 Å². The van der Waals surface area contributed by atoms with Crippen molar-refractivity contribution in [2.24, 2.45) is 34.0 Å². The minimum absolute atomic E-state index is 0.00926. The van der Waals surface area contributed by atoms with E-state index >= 15 is 0 Å². The highest BCUT2D eigenvalue weighted by molar-refractivity contribution is 7.98. The number of primary amides is 1. The topological polar surface area (TPSA) is 331 Å². The van der Waals surface area contributed by atoms with E-state index in [0.717, 1.165) is 32.1 Å². The Labute approximate surface area is 368 Å². The molecule has 0 aromatic carbocycles. The average Bonchev–Trinajstić information content (AvgIpc) is 3.19. The van der Waals surface area contributed by atoms with E-state index in [1.807, 2.05) is 26.4 Å². The highest BCUT2D eigenvalue weighted by atomic mass is 32.2. The predicted molar refractivity (Wildman–Crippen MR) is 238 cm³/mol. The normalized spacial score (nSPS) is 16.3. The number of hydrogen-bond donors (Lipinski definition) is 11. The summed E-state index contributed by atoms with van der Waals surface area (Å²) in [5.41, 5.74) is 16.4. The molecule has 0 heterocycles. The van der Waals surface area contributed by atoms with Gasteiger partial charge in [-0.25, -0.2) is 0 Å². The quantitative estimate of drug-likeness (QED) is 0.0231. The summed E-state index contributed by atoms with van der Waals surface area (Å²) in [7, 11) is 0. The Morgan fingerprint density at radius 3 is 1.54 bits per heavy atom. The molecule has 0 saturated heterocycles. The van der Waals surface area contributed by atoms with Crippen LogP contribution in [0, 0.1) is 11.8 Å². The number of guanidine groups is 1. The van der Waals surface area contributed by atoms with E-state index in [-0.39, 0.29) is 55.9 Å². The molecule has 8 amide bonds. The predicted octanol–water partition coefficient (Wildman–Crippen LogP) is -1.53. The van der Waals surface area contributed by atoms with Gasteiger partial charge in [-0.05, 0) is 81.3 Å². The maximum absolute atomic E-state index is 14.0. The fourth-order valence-electron chi connectivity index (χ4n) is 6.69. The second kappa shape index (κ2) is 29.9. The third-order valence-electron chi connectivity index (χ3n) is 9.99. The molecule has 1 rings (SSSR count). The number of carbonyl (C=O) groups is 8. The summed E-state index contributed by atoms with van der Waals surface area (Å²) < 4.78 is 0. The van der Waals surface area contributed by atoms with Crippen LogP contribution in [-0.4, -0.2) is 138 Å². The highest BCUT2D eigenvalue weighted by Crippen LogP contribution is 2.27. The fourth-order valence-corrected chi connectivity index (χ4v) is 7.63. The van der Waals surface area contributed by atoms with Crippen molar-refractivity contribution in [1.29, 1.82) is 0 Å². The van der Waals surface area contributed by atoms with Gasteiger partial charge in [0.15, 0.2) is 5.96 Å². The summed E-state index contributed by atoms with van der Waals surface area (Å²) in [5.74, 6) is -4.44. The summed E-state index contributed by atoms with van der Waals surface area (Å²) in [4.78, 5) is 109. The lowest BCUT2D eigenvalue weighted by Crippen LogP contribution is -2.60. The first kappa shape index (κ1) is 54.7. The maximum Gasteiger partial charge on any atom is 0.245 e. The number of amides is 8. The van der Waals surface area contributed by atoms with Gasteiger partial charge in [0.2, 0.25) is 47.3 Å². The molecule has 348 valence electrons. The number of aliphatic imine (C=N–C) groups is 1. The van der Waals surface area contributed by atoms with Crippen LogP contribution in [0.15, 0.2) is 4.99 Å². The SMILES string of the molecule is CSCC[C@H](NC(=O)[C@H](CCSC)NC(=O)[C@H](CCCN=C(N)N)NC(=O)[C@H](CC1CCCCC1)NC(C)=O)C(=O)N[C@@H](C)C(=O)N[C@@H](CO)C(=O)N[C@@H](CC(C)C)C(N)=O. The minimum Gasteiger partial charge on any atom is -0.394 e. The van der Waals surface area contributed by atoms with Gasteiger partial charge in [0, 0.05) is 13.5 Å². The number of aliphatic hydroxyl groups excluding tert-OH is 1. The Bertz CT molecular complexity index is 1480. The van der Waals surface area contributed by atoms with E-state index < -0.39 is 90.3 Å². The van der Waals surface area contributed by atoms with Gasteiger partial charge >= 0.3 is 0 Å². The first-order chi connectivity index (χ1) is 28.8. The van der Waals surface area contributed by atoms with Gasteiger partial charge in [-0.15, -0.1) is 0 Å². The van der Waals surface area contributed by atoms with Gasteiger partial charge in [-0.3, -0.25) is 43.3 Å². The zero-order valence-corrected chi connectivity index (χ0v) is 38.1. The van der Waals surface area contributed by atoms with Gasteiger partial charge in [-0.2, -0.15) is 23.5 Å². The average molecular weight is 902 g/mol. The van der Waals surface area contributed by atoms with Crippen LogP contribution in [0.2, 0.25) is 0 Å². The third kappa shape index (κ3) is 22.4. The Morgan fingerprint density at radius 1 is 0.623 bits per heavy atom. The molecule has 0 aromatic heterocycles. The van der Waals surface area contributed by atoms with Crippen LogP contribution in [0.3, 0.4) is 0 Å². The van der Waals surface area contributed by atoms with E-state index in [1.54, 1.807) is 0 Å². The van der Waals surface area contributed by atoms with Crippen molar-refractivity contribution in [3.63, 3.8) is 0 Å². The largest absolute Gasteiger partial charge is 0.394 e. The summed E-state index contributed by atoms with van der Waals surface area (Å²) >= 11 is 2.84. The third-order valence-corrected chi connectivity index (χ3v) is 11.3. The maximum atomic E-state index is 14.0. The molecule has 20 nitrogen and oxygen atoms in total. The van der Waals surface area contributed by atoms with Crippen molar-refractivity contribution in [2.75, 3.05) is 37.2 Å². The van der Waals surface area contributed by atoms with Gasteiger partial charge in [0.05, 0.1) is 6.61 Å². The molecule has 1 aliphatic rings. The molecule has 0 unspecified atom stereocenters. The molecular formula is C39H71N11O9S2. The van der Waals surface area contributed by atoms with E-state index in [2.05, 4.69) is 42.2 Å². The Kier molecular flexibility index (Phi) is 26.8. The van der Waals surface area contributed by atoms with Gasteiger partial charge in [0.1, 0.15) is 42.3 Å². The van der Waals surface area contributed by atoms with Crippen LogP contribution in [0.25, 0.3) is 0 Å². The summed E-state index contributed by atoms with van der Waals surface area (Å²) in [6.07, 6.45) is 10.1. The summed E-state index contributed by atoms with van der Waals surface area (Å²) in [5, 5.41) is 28.2. The van der Waals surface area contributed by atoms with Crippen LogP contribution < -0.4 is 54.4 Å². The first-order valence-corrected chi connectivity index (χ1v) is 23.6. The number of nitrogens with one attached hydrogen (secondary N) is 7. The van der Waals surface area contributed by atoms with E-state index in [4.69, 9.17) is 17.2 Å². The second-order valence-corrected chi connectivity index (χ2v) is 17.7. The molecule has 7 atom stereocenters. The fraction of sp³-hybridized carbons (Fsp3) is 0.769. The Balaban J connectivity index is 3.20. The van der Waals surface area contributed by atoms with Gasteiger partial charge in [-0.1, -0.05) is 46.0 Å². The molecule has 0 radical (unpaired) electrons. The van der Waals surface area contributed by atoms with Crippen molar-refractivity contribution in [3.05, 3.63) is 0 Å². The number of rotatable bonds is 29. The standard InChI is InChI=1S/C39H71N11O9S2/c1-22(2)19-29(32(40)53)49-38(59)31(21-51)50-33(54)23(3)44-34(55)27(14-17-60-5)47-36(57)28(15-18-61-6)48-35(56)26(13-10-16-43-39(41)42)46-37(58)30(45-24(4)52)20-25-11-8-7-9-12-25/h22-23,25-31,51H,7-21H2,1-6H3,(H2,40,53)(H,44,55)(H,45,52)(H,46,58)(H,47,57)(H,48,56)(H,49,59)(H,50,54)(H4,41,42,43)/t23-,26-,27-,28-,29-,30-,31-/m0/s1.